The van der Waals surface area contributed by atoms with Crippen LogP contribution < -0.4 is 5.32 Å². The van der Waals surface area contributed by atoms with Gasteiger partial charge in [0, 0.05) is 15.9 Å². The molecule has 6 heteroatoms. The van der Waals surface area contributed by atoms with Gasteiger partial charge >= 0.3 is 0 Å². The zero-order valence-electron chi connectivity index (χ0n) is 8.67. The Labute approximate surface area is 114 Å². The van der Waals surface area contributed by atoms with Gasteiger partial charge in [0.1, 0.15) is 16.9 Å². The van der Waals surface area contributed by atoms with Crippen molar-refractivity contribution in [3.63, 3.8) is 0 Å². The molecule has 17 heavy (non-hydrogen) atoms. The topological polar surface area (TPSA) is 52.9 Å². The standard InChI is InChI=1S/C11H6FIN2OS/c1-5(16)15-11-6(4-14)9-8(13)3-2-7(12)10(9)17-11/h2-3H,1H3,(H,15,16). The average molecular weight is 360 g/mol. The van der Waals surface area contributed by atoms with Crippen LogP contribution in [0.2, 0.25) is 0 Å². The highest BCUT2D eigenvalue weighted by molar-refractivity contribution is 14.1. The van der Waals surface area contributed by atoms with Crippen LogP contribution in [0.25, 0.3) is 10.1 Å². The summed E-state index contributed by atoms with van der Waals surface area (Å²) in [5.74, 6) is -0.651. The minimum atomic E-state index is -0.376. The van der Waals surface area contributed by atoms with E-state index in [1.165, 1.54) is 13.0 Å². The molecule has 0 bridgehead atoms. The summed E-state index contributed by atoms with van der Waals surface area (Å²) in [6.45, 7) is 1.35. The zero-order valence-corrected chi connectivity index (χ0v) is 11.6. The van der Waals surface area contributed by atoms with E-state index in [4.69, 9.17) is 5.26 Å². The maximum absolute atomic E-state index is 13.6. The van der Waals surface area contributed by atoms with Crippen LogP contribution in [0, 0.1) is 20.7 Å². The Bertz CT molecular complexity index is 660. The third kappa shape index (κ3) is 2.12. The molecule has 0 saturated carbocycles. The molecule has 1 aromatic heterocycles. The molecule has 0 fully saturated rings. The number of halogens is 2. The number of thiophene rings is 1. The Morgan fingerprint density at radius 3 is 2.88 bits per heavy atom. The van der Waals surface area contributed by atoms with E-state index in [-0.39, 0.29) is 11.7 Å². The summed E-state index contributed by atoms with van der Waals surface area (Å²) >= 11 is 3.13. The van der Waals surface area contributed by atoms with Crippen LogP contribution in [0.5, 0.6) is 0 Å². The first-order chi connectivity index (χ1) is 8.04. The number of benzene rings is 1. The highest BCUT2D eigenvalue weighted by Crippen LogP contribution is 2.39. The number of anilines is 1. The van der Waals surface area contributed by atoms with Crippen molar-refractivity contribution in [2.24, 2.45) is 0 Å². The van der Waals surface area contributed by atoms with E-state index in [9.17, 15) is 9.18 Å². The summed E-state index contributed by atoms with van der Waals surface area (Å²) in [6.07, 6.45) is 0. The van der Waals surface area contributed by atoms with E-state index in [0.717, 1.165) is 14.9 Å². The molecule has 1 amide bonds. The normalized spacial score (nSPS) is 10.2. The van der Waals surface area contributed by atoms with Crippen LogP contribution in [0.15, 0.2) is 12.1 Å². The number of carbonyl (C=O) groups is 1. The fourth-order valence-electron chi connectivity index (χ4n) is 1.49. The largest absolute Gasteiger partial charge is 0.317 e. The molecule has 2 aromatic rings. The maximum atomic E-state index is 13.6. The molecule has 1 N–H and O–H groups in total. The van der Waals surface area contributed by atoms with Crippen LogP contribution >= 0.6 is 33.9 Å². The molecule has 1 aromatic carbocycles. The molecule has 0 radical (unpaired) electrons. The van der Waals surface area contributed by atoms with Gasteiger partial charge in [0.25, 0.3) is 0 Å². The van der Waals surface area contributed by atoms with Gasteiger partial charge in [-0.1, -0.05) is 0 Å². The first-order valence-corrected chi connectivity index (χ1v) is 6.52. The van der Waals surface area contributed by atoms with Crippen molar-refractivity contribution < 1.29 is 9.18 Å². The number of nitrogens with one attached hydrogen (secondary N) is 1. The van der Waals surface area contributed by atoms with Gasteiger partial charge in [0.05, 0.1) is 10.3 Å². The lowest BCUT2D eigenvalue weighted by Gasteiger charge is -1.97. The van der Waals surface area contributed by atoms with Crippen LogP contribution in [-0.2, 0) is 4.79 Å². The Kier molecular flexibility index (Phi) is 3.31. The molecule has 0 saturated heterocycles. The van der Waals surface area contributed by atoms with Crippen molar-refractivity contribution in [2.75, 3.05) is 5.32 Å². The van der Waals surface area contributed by atoms with Crippen LogP contribution in [-0.4, -0.2) is 5.91 Å². The fourth-order valence-corrected chi connectivity index (χ4v) is 3.52. The first kappa shape index (κ1) is 12.3. The van der Waals surface area contributed by atoms with Crippen molar-refractivity contribution in [3.8, 4) is 6.07 Å². The Hall–Kier alpha value is -1.20. The molecule has 3 nitrogen and oxygen atoms in total. The SMILES string of the molecule is CC(=O)Nc1sc2c(F)ccc(I)c2c1C#N. The summed E-state index contributed by atoms with van der Waals surface area (Å²) in [5, 5.41) is 12.6. The van der Waals surface area contributed by atoms with Crippen molar-refractivity contribution in [3.05, 3.63) is 27.1 Å². The second-order valence-electron chi connectivity index (χ2n) is 3.33. The molecule has 0 aliphatic carbocycles. The molecule has 0 aliphatic rings. The fraction of sp³-hybridized carbons (Fsp3) is 0.0909. The average Bonchev–Trinajstić information content (AvgIpc) is 2.62. The predicted molar refractivity (Wildman–Crippen MR) is 73.5 cm³/mol. The van der Waals surface area contributed by atoms with Crippen molar-refractivity contribution >= 4 is 54.9 Å². The molecule has 0 atom stereocenters. The minimum Gasteiger partial charge on any atom is -0.317 e. The van der Waals surface area contributed by atoms with Gasteiger partial charge in [-0.25, -0.2) is 4.39 Å². The molecule has 0 aliphatic heterocycles. The molecule has 2 rings (SSSR count). The minimum absolute atomic E-state index is 0.275. The molecule has 0 spiro atoms. The van der Waals surface area contributed by atoms with Crippen LogP contribution in [0.4, 0.5) is 9.39 Å². The van der Waals surface area contributed by atoms with Gasteiger partial charge in [-0.05, 0) is 34.7 Å². The second kappa shape index (κ2) is 4.58. The lowest BCUT2D eigenvalue weighted by molar-refractivity contribution is -0.114. The first-order valence-electron chi connectivity index (χ1n) is 4.62. The highest BCUT2D eigenvalue weighted by atomic mass is 127. The van der Waals surface area contributed by atoms with E-state index in [1.807, 2.05) is 28.7 Å². The quantitative estimate of drug-likeness (QED) is 0.792. The monoisotopic (exact) mass is 360 g/mol. The Morgan fingerprint density at radius 1 is 1.59 bits per heavy atom. The van der Waals surface area contributed by atoms with E-state index in [0.29, 0.717) is 20.7 Å². The van der Waals surface area contributed by atoms with E-state index < -0.39 is 0 Å². The summed E-state index contributed by atoms with van der Waals surface area (Å²) in [4.78, 5) is 11.0. The van der Waals surface area contributed by atoms with Gasteiger partial charge in [-0.3, -0.25) is 4.79 Å². The molecule has 0 unspecified atom stereocenters. The second-order valence-corrected chi connectivity index (χ2v) is 5.52. The maximum Gasteiger partial charge on any atom is 0.221 e. The van der Waals surface area contributed by atoms with Crippen molar-refractivity contribution in [2.45, 2.75) is 6.92 Å². The van der Waals surface area contributed by atoms with Crippen LogP contribution in [0.1, 0.15) is 12.5 Å². The number of amides is 1. The Balaban J connectivity index is 2.80. The number of nitrogens with zero attached hydrogens (tertiary/aromatic N) is 1. The zero-order chi connectivity index (χ0) is 12.6. The van der Waals surface area contributed by atoms with Gasteiger partial charge in [-0.15, -0.1) is 11.3 Å². The van der Waals surface area contributed by atoms with Crippen molar-refractivity contribution in [1.82, 2.24) is 0 Å². The third-order valence-corrected chi connectivity index (χ3v) is 4.15. The predicted octanol–water partition coefficient (Wildman–Crippen LogP) is 3.48. The molecule has 1 heterocycles. The van der Waals surface area contributed by atoms with Crippen LogP contribution in [0.3, 0.4) is 0 Å². The number of carbonyl (C=O) groups excluding carboxylic acids is 1. The van der Waals surface area contributed by atoms with E-state index >= 15 is 0 Å². The number of hydrogen-bond donors (Lipinski definition) is 1. The lowest BCUT2D eigenvalue weighted by Crippen LogP contribution is -2.05. The summed E-state index contributed by atoms with van der Waals surface area (Å²) in [5.41, 5.74) is 0.323. The van der Waals surface area contributed by atoms with Gasteiger partial charge in [-0.2, -0.15) is 5.26 Å². The smallest absolute Gasteiger partial charge is 0.221 e. The number of nitriles is 1. The van der Waals surface area contributed by atoms with E-state index in [2.05, 4.69) is 5.32 Å². The lowest BCUT2D eigenvalue weighted by atomic mass is 10.2. The van der Waals surface area contributed by atoms with Gasteiger partial charge in [0.15, 0.2) is 0 Å². The summed E-state index contributed by atoms with van der Waals surface area (Å²) < 4.78 is 14.8. The number of fused-ring (bicyclic) bond motifs is 1. The van der Waals surface area contributed by atoms with E-state index in [1.54, 1.807) is 6.07 Å². The third-order valence-electron chi connectivity index (χ3n) is 2.14. The summed E-state index contributed by atoms with van der Waals surface area (Å²) in [7, 11) is 0. The van der Waals surface area contributed by atoms with Gasteiger partial charge < -0.3 is 5.32 Å². The molecular weight excluding hydrogens is 354 g/mol. The highest BCUT2D eigenvalue weighted by Gasteiger charge is 2.17. The Morgan fingerprint density at radius 2 is 2.29 bits per heavy atom. The molecule has 86 valence electrons. The number of hydrogen-bond acceptors (Lipinski definition) is 3. The van der Waals surface area contributed by atoms with Gasteiger partial charge in [0.2, 0.25) is 5.91 Å². The van der Waals surface area contributed by atoms with Crippen molar-refractivity contribution in [1.29, 1.82) is 5.26 Å². The summed E-state index contributed by atoms with van der Waals surface area (Å²) in [6, 6.07) is 4.99. The molecular formula is C11H6FIN2OS. The number of rotatable bonds is 1.